The Kier molecular flexibility index (Phi) is 5.46. The lowest BCUT2D eigenvalue weighted by Crippen LogP contribution is -2.29. The van der Waals surface area contributed by atoms with Crippen molar-refractivity contribution in [2.45, 2.75) is 0 Å². The Bertz CT molecular complexity index is 445. The van der Waals surface area contributed by atoms with E-state index < -0.39 is 11.8 Å². The zero-order valence-corrected chi connectivity index (χ0v) is 10.0. The van der Waals surface area contributed by atoms with Crippen LogP contribution in [0.5, 0.6) is 0 Å². The van der Waals surface area contributed by atoms with Gasteiger partial charge in [-0.3, -0.25) is 15.2 Å². The Hall–Kier alpha value is -2.28. The number of aromatic nitrogens is 1. The number of hydrogen-bond donors (Lipinski definition) is 1. The molecule has 1 aromatic rings. The van der Waals surface area contributed by atoms with E-state index in [0.29, 0.717) is 5.69 Å². The molecule has 7 nitrogen and oxygen atoms in total. The quantitative estimate of drug-likeness (QED) is 0.337. The molecule has 0 aliphatic heterocycles. The van der Waals surface area contributed by atoms with Gasteiger partial charge in [-0.1, -0.05) is 0 Å². The second-order valence-electron chi connectivity index (χ2n) is 3.16. The standard InChI is InChI=1S/C11H13N3O4/c1-17-7-9(15)10(11(16)18-2)14-13-8-4-3-5-12-6-8/h3-6,13H,7H2,1-2H3/b14-10+. The number of hydrazone groups is 1. The first-order valence-corrected chi connectivity index (χ1v) is 5.03. The minimum absolute atomic E-state index is 0.247. The van der Waals surface area contributed by atoms with Crippen LogP contribution in [0.1, 0.15) is 0 Å². The zero-order valence-electron chi connectivity index (χ0n) is 10.0. The maximum absolute atomic E-state index is 11.6. The number of nitrogens with one attached hydrogen (secondary N) is 1. The largest absolute Gasteiger partial charge is 0.464 e. The lowest BCUT2D eigenvalue weighted by atomic mass is 10.2. The first kappa shape index (κ1) is 13.8. The number of esters is 1. The summed E-state index contributed by atoms with van der Waals surface area (Å²) in [6.07, 6.45) is 3.09. The van der Waals surface area contributed by atoms with Crippen molar-refractivity contribution in [1.82, 2.24) is 4.98 Å². The molecule has 0 aliphatic carbocycles. The molecule has 0 saturated carbocycles. The average Bonchev–Trinajstić information content (AvgIpc) is 2.40. The van der Waals surface area contributed by atoms with Crippen molar-refractivity contribution in [1.29, 1.82) is 0 Å². The molecule has 0 spiro atoms. The van der Waals surface area contributed by atoms with Crippen LogP contribution in [-0.2, 0) is 19.1 Å². The minimum atomic E-state index is -0.826. The molecule has 7 heteroatoms. The summed E-state index contributed by atoms with van der Waals surface area (Å²) in [6.45, 7) is -0.247. The molecule has 1 heterocycles. The van der Waals surface area contributed by atoms with E-state index in [9.17, 15) is 9.59 Å². The highest BCUT2D eigenvalue weighted by molar-refractivity contribution is 6.64. The van der Waals surface area contributed by atoms with Crippen molar-refractivity contribution < 1.29 is 19.1 Å². The molecule has 1 rings (SSSR count). The predicted molar refractivity (Wildman–Crippen MR) is 64.2 cm³/mol. The number of ketones is 1. The Labute approximate surface area is 104 Å². The summed E-state index contributed by atoms with van der Waals surface area (Å²) in [5, 5.41) is 3.71. The third kappa shape index (κ3) is 3.95. The minimum Gasteiger partial charge on any atom is -0.464 e. The van der Waals surface area contributed by atoms with Crippen molar-refractivity contribution in [3.63, 3.8) is 0 Å². The third-order valence-electron chi connectivity index (χ3n) is 1.88. The SMILES string of the molecule is COCC(=O)/C(=N\Nc1cccnc1)C(=O)OC. The number of rotatable bonds is 6. The predicted octanol–water partition coefficient (Wildman–Crippen LogP) is 0.238. The second-order valence-corrected chi connectivity index (χ2v) is 3.16. The van der Waals surface area contributed by atoms with Crippen LogP contribution in [0.2, 0.25) is 0 Å². The lowest BCUT2D eigenvalue weighted by Gasteiger charge is -2.04. The molecule has 1 aromatic heterocycles. The number of Topliss-reactive ketones (excluding diaryl/α,β-unsaturated/α-hetero) is 1. The van der Waals surface area contributed by atoms with Gasteiger partial charge in [0.1, 0.15) is 6.61 Å². The topological polar surface area (TPSA) is 89.9 Å². The number of pyridine rings is 1. The number of carbonyl (C=O) groups excluding carboxylic acids is 2. The van der Waals surface area contributed by atoms with Crippen LogP contribution < -0.4 is 5.43 Å². The van der Waals surface area contributed by atoms with Gasteiger partial charge in [0, 0.05) is 13.3 Å². The number of methoxy groups -OCH3 is 2. The number of anilines is 1. The van der Waals surface area contributed by atoms with E-state index in [0.717, 1.165) is 0 Å². The van der Waals surface area contributed by atoms with Crippen molar-refractivity contribution in [3.8, 4) is 0 Å². The summed E-state index contributed by atoms with van der Waals surface area (Å²) in [7, 11) is 2.52. The van der Waals surface area contributed by atoms with Gasteiger partial charge < -0.3 is 9.47 Å². The van der Waals surface area contributed by atoms with E-state index in [1.807, 2.05) is 0 Å². The van der Waals surface area contributed by atoms with Crippen LogP contribution in [0.15, 0.2) is 29.6 Å². The van der Waals surface area contributed by atoms with Crippen LogP contribution in [0.4, 0.5) is 5.69 Å². The second kappa shape index (κ2) is 7.13. The van der Waals surface area contributed by atoms with Crippen LogP contribution in [0, 0.1) is 0 Å². The molecular formula is C11H13N3O4. The van der Waals surface area contributed by atoms with Crippen LogP contribution in [0.3, 0.4) is 0 Å². The third-order valence-corrected chi connectivity index (χ3v) is 1.88. The van der Waals surface area contributed by atoms with Gasteiger partial charge in [-0.15, -0.1) is 0 Å². The van der Waals surface area contributed by atoms with E-state index in [4.69, 9.17) is 0 Å². The van der Waals surface area contributed by atoms with Gasteiger partial charge in [-0.25, -0.2) is 4.79 Å². The molecule has 0 amide bonds. The summed E-state index contributed by atoms with van der Waals surface area (Å²) < 4.78 is 9.12. The molecule has 0 bridgehead atoms. The molecule has 0 unspecified atom stereocenters. The van der Waals surface area contributed by atoms with Gasteiger partial charge in [-0.05, 0) is 12.1 Å². The van der Waals surface area contributed by atoms with Crippen molar-refractivity contribution in [2.75, 3.05) is 26.3 Å². The molecule has 0 aliphatic rings. The Balaban J connectivity index is 2.83. The first-order valence-electron chi connectivity index (χ1n) is 5.03. The lowest BCUT2D eigenvalue weighted by molar-refractivity contribution is -0.133. The highest BCUT2D eigenvalue weighted by Crippen LogP contribution is 2.02. The number of hydrogen-bond acceptors (Lipinski definition) is 7. The van der Waals surface area contributed by atoms with Gasteiger partial charge in [0.2, 0.25) is 11.5 Å². The average molecular weight is 251 g/mol. The molecule has 0 atom stereocenters. The molecule has 0 fully saturated rings. The van der Waals surface area contributed by atoms with Gasteiger partial charge in [0.15, 0.2) is 0 Å². The summed E-state index contributed by atoms with van der Waals surface area (Å²) in [6, 6.07) is 3.37. The van der Waals surface area contributed by atoms with Gasteiger partial charge in [-0.2, -0.15) is 5.10 Å². The van der Waals surface area contributed by atoms with E-state index in [-0.39, 0.29) is 12.3 Å². The smallest absolute Gasteiger partial charge is 0.362 e. The zero-order chi connectivity index (χ0) is 13.4. The number of nitrogens with zero attached hydrogens (tertiary/aromatic N) is 2. The first-order chi connectivity index (χ1) is 8.69. The van der Waals surface area contributed by atoms with Gasteiger partial charge in [0.05, 0.1) is 19.0 Å². The van der Waals surface area contributed by atoms with Crippen LogP contribution in [0.25, 0.3) is 0 Å². The van der Waals surface area contributed by atoms with Crippen molar-refractivity contribution in [2.24, 2.45) is 5.10 Å². The Morgan fingerprint density at radius 2 is 2.22 bits per heavy atom. The summed E-state index contributed by atoms with van der Waals surface area (Å²) in [5.41, 5.74) is 2.73. The maximum Gasteiger partial charge on any atom is 0.362 e. The maximum atomic E-state index is 11.6. The molecule has 0 saturated heterocycles. The molecule has 96 valence electrons. The fourth-order valence-corrected chi connectivity index (χ4v) is 1.07. The van der Waals surface area contributed by atoms with E-state index >= 15 is 0 Å². The fourth-order valence-electron chi connectivity index (χ4n) is 1.07. The number of carbonyl (C=O) groups is 2. The highest BCUT2D eigenvalue weighted by atomic mass is 16.5. The van der Waals surface area contributed by atoms with E-state index in [1.54, 1.807) is 18.3 Å². The van der Waals surface area contributed by atoms with Crippen LogP contribution in [-0.4, -0.2) is 43.3 Å². The van der Waals surface area contributed by atoms with Gasteiger partial charge in [0.25, 0.3) is 0 Å². The summed E-state index contributed by atoms with van der Waals surface area (Å²) in [4.78, 5) is 26.8. The monoisotopic (exact) mass is 251 g/mol. The fraction of sp³-hybridized carbons (Fsp3) is 0.273. The molecule has 0 radical (unpaired) electrons. The Morgan fingerprint density at radius 1 is 1.44 bits per heavy atom. The number of ether oxygens (including phenoxy) is 2. The van der Waals surface area contributed by atoms with E-state index in [1.165, 1.54) is 20.4 Å². The summed E-state index contributed by atoms with van der Waals surface area (Å²) >= 11 is 0. The highest BCUT2D eigenvalue weighted by Gasteiger charge is 2.21. The molecule has 0 aromatic carbocycles. The normalized spacial score (nSPS) is 10.9. The molecule has 18 heavy (non-hydrogen) atoms. The Morgan fingerprint density at radius 3 is 2.78 bits per heavy atom. The van der Waals surface area contributed by atoms with E-state index in [2.05, 4.69) is 25.0 Å². The molecule has 1 N–H and O–H groups in total. The van der Waals surface area contributed by atoms with Crippen molar-refractivity contribution in [3.05, 3.63) is 24.5 Å². The van der Waals surface area contributed by atoms with Gasteiger partial charge >= 0.3 is 5.97 Å². The molecular weight excluding hydrogens is 238 g/mol. The summed E-state index contributed by atoms with van der Waals surface area (Å²) in [5.74, 6) is -1.39. The van der Waals surface area contributed by atoms with Crippen molar-refractivity contribution >= 4 is 23.2 Å². The van der Waals surface area contributed by atoms with Crippen LogP contribution >= 0.6 is 0 Å².